The fourth-order valence-corrected chi connectivity index (χ4v) is 4.42. The van der Waals surface area contributed by atoms with Crippen molar-refractivity contribution in [3.05, 3.63) is 74.8 Å². The number of carbonyl (C=O) groups excluding carboxylic acids is 2. The molecule has 0 atom stereocenters. The van der Waals surface area contributed by atoms with Gasteiger partial charge >= 0.3 is 6.18 Å². The van der Waals surface area contributed by atoms with Gasteiger partial charge in [0.1, 0.15) is 24.7 Å². The summed E-state index contributed by atoms with van der Waals surface area (Å²) in [5.74, 6) is -1.64. The molecule has 0 aliphatic heterocycles. The standard InChI is InChI=1S/C25H20Cl2F5N5O4/c1-37-17-8-19(40-10-20(28)29)14(23(38)34-11-25(30,31)32)6-16(17)36-21(37)7-13-15(26)3-2-12(22(13)27)9-33-24(39)18-4-5-35-41-18/h2-6,8,20H,7,9-11H2,1H3,(H,33,39)(H,34,38). The topological polar surface area (TPSA) is 111 Å². The fraction of sp³-hybridized carbons (Fsp3) is 0.280. The van der Waals surface area contributed by atoms with E-state index in [4.69, 9.17) is 32.5 Å². The molecule has 41 heavy (non-hydrogen) atoms. The second-order valence-corrected chi connectivity index (χ2v) is 9.44. The molecule has 2 heterocycles. The lowest BCUT2D eigenvalue weighted by atomic mass is 10.1. The number of nitrogens with zero attached hydrogens (tertiary/aromatic N) is 3. The van der Waals surface area contributed by atoms with Gasteiger partial charge in [-0.2, -0.15) is 13.2 Å². The lowest BCUT2D eigenvalue weighted by Crippen LogP contribution is -2.34. The Morgan fingerprint density at radius 3 is 2.54 bits per heavy atom. The summed E-state index contributed by atoms with van der Waals surface area (Å²) < 4.78 is 75.0. The van der Waals surface area contributed by atoms with Crippen molar-refractivity contribution < 1.29 is 40.8 Å². The van der Waals surface area contributed by atoms with Crippen molar-refractivity contribution in [3.63, 3.8) is 0 Å². The number of halogens is 7. The normalized spacial score (nSPS) is 11.7. The number of benzene rings is 2. The first-order valence-electron chi connectivity index (χ1n) is 11.7. The summed E-state index contributed by atoms with van der Waals surface area (Å²) in [7, 11) is 1.61. The van der Waals surface area contributed by atoms with Crippen molar-refractivity contribution in [2.45, 2.75) is 25.6 Å². The number of aromatic nitrogens is 3. The number of ether oxygens (including phenoxy) is 1. The summed E-state index contributed by atoms with van der Waals surface area (Å²) in [6.07, 6.45) is -6.19. The van der Waals surface area contributed by atoms with Gasteiger partial charge in [0.25, 0.3) is 18.2 Å². The summed E-state index contributed by atoms with van der Waals surface area (Å²) in [6.45, 7) is -2.68. The van der Waals surface area contributed by atoms with E-state index in [2.05, 4.69) is 15.5 Å². The molecule has 2 aromatic carbocycles. The number of amides is 2. The number of alkyl halides is 5. The molecule has 0 aliphatic rings. The Hall–Kier alpha value is -3.91. The van der Waals surface area contributed by atoms with Crippen molar-refractivity contribution >= 4 is 46.0 Å². The second kappa shape index (κ2) is 12.3. The van der Waals surface area contributed by atoms with Crippen LogP contribution in [-0.4, -0.2) is 52.3 Å². The third kappa shape index (κ3) is 7.24. The van der Waals surface area contributed by atoms with E-state index in [1.165, 1.54) is 18.3 Å². The largest absolute Gasteiger partial charge is 0.487 e. The van der Waals surface area contributed by atoms with E-state index in [1.807, 2.05) is 0 Å². The zero-order valence-electron chi connectivity index (χ0n) is 21.0. The van der Waals surface area contributed by atoms with Crippen LogP contribution in [0, 0.1) is 0 Å². The molecular formula is C25H20Cl2F5N5O4. The SMILES string of the molecule is Cn1c(Cc2c(Cl)ccc(CNC(=O)c3ccno3)c2Cl)nc2cc(C(=O)NCC(F)(F)F)c(OCC(F)F)cc21. The number of aryl methyl sites for hydroxylation is 1. The molecule has 0 aliphatic carbocycles. The Morgan fingerprint density at radius 1 is 1.12 bits per heavy atom. The molecule has 2 N–H and O–H groups in total. The van der Waals surface area contributed by atoms with Crippen LogP contribution in [0.2, 0.25) is 10.0 Å². The number of hydrogen-bond donors (Lipinski definition) is 2. The van der Waals surface area contributed by atoms with E-state index in [0.717, 1.165) is 6.07 Å². The highest BCUT2D eigenvalue weighted by molar-refractivity contribution is 6.36. The van der Waals surface area contributed by atoms with Crippen LogP contribution in [0.4, 0.5) is 22.0 Å². The molecule has 0 bridgehead atoms. The molecule has 218 valence electrons. The van der Waals surface area contributed by atoms with Crippen LogP contribution >= 0.6 is 23.2 Å². The highest BCUT2D eigenvalue weighted by Gasteiger charge is 2.29. The van der Waals surface area contributed by atoms with Crippen molar-refractivity contribution in [2.75, 3.05) is 13.2 Å². The molecule has 2 amide bonds. The second-order valence-electron chi connectivity index (χ2n) is 8.66. The van der Waals surface area contributed by atoms with Gasteiger partial charge in [0.15, 0.2) is 0 Å². The molecule has 0 spiro atoms. The maximum Gasteiger partial charge on any atom is 0.405 e. The van der Waals surface area contributed by atoms with Crippen molar-refractivity contribution in [2.24, 2.45) is 7.05 Å². The number of rotatable bonds is 10. The zero-order chi connectivity index (χ0) is 29.9. The minimum Gasteiger partial charge on any atom is -0.487 e. The quantitative estimate of drug-likeness (QED) is 0.232. The summed E-state index contributed by atoms with van der Waals surface area (Å²) in [6, 6.07) is 7.01. The molecule has 0 saturated heterocycles. The third-order valence-corrected chi connectivity index (χ3v) is 6.66. The van der Waals surface area contributed by atoms with Gasteiger partial charge < -0.3 is 24.5 Å². The van der Waals surface area contributed by atoms with Crippen molar-refractivity contribution in [1.29, 1.82) is 0 Å². The summed E-state index contributed by atoms with van der Waals surface area (Å²) in [5.41, 5.74) is 1.12. The molecule has 0 radical (unpaired) electrons. The first kappa shape index (κ1) is 30.1. The highest BCUT2D eigenvalue weighted by Crippen LogP contribution is 2.32. The van der Waals surface area contributed by atoms with Gasteiger partial charge in [-0.05, 0) is 23.3 Å². The van der Waals surface area contributed by atoms with E-state index in [1.54, 1.807) is 29.1 Å². The van der Waals surface area contributed by atoms with Gasteiger partial charge in [-0.3, -0.25) is 9.59 Å². The average molecular weight is 620 g/mol. The van der Waals surface area contributed by atoms with E-state index < -0.39 is 43.1 Å². The van der Waals surface area contributed by atoms with Gasteiger partial charge in [-0.1, -0.05) is 34.4 Å². The minimum absolute atomic E-state index is 0.0124. The molecule has 0 saturated carbocycles. The van der Waals surface area contributed by atoms with E-state index >= 15 is 0 Å². The zero-order valence-corrected chi connectivity index (χ0v) is 22.5. The van der Waals surface area contributed by atoms with Crippen LogP contribution < -0.4 is 15.4 Å². The number of imidazole rings is 1. The van der Waals surface area contributed by atoms with Crippen LogP contribution in [0.3, 0.4) is 0 Å². The Morgan fingerprint density at radius 2 is 1.88 bits per heavy atom. The van der Waals surface area contributed by atoms with Crippen LogP contribution in [0.5, 0.6) is 5.75 Å². The smallest absolute Gasteiger partial charge is 0.405 e. The van der Waals surface area contributed by atoms with Gasteiger partial charge in [-0.15, -0.1) is 0 Å². The average Bonchev–Trinajstić information content (AvgIpc) is 3.55. The Bertz CT molecular complexity index is 1580. The maximum absolute atomic E-state index is 12.8. The summed E-state index contributed by atoms with van der Waals surface area (Å²) >= 11 is 13.0. The summed E-state index contributed by atoms with van der Waals surface area (Å²) in [5, 5.41) is 8.37. The monoisotopic (exact) mass is 619 g/mol. The lowest BCUT2D eigenvalue weighted by molar-refractivity contribution is -0.123. The van der Waals surface area contributed by atoms with Gasteiger partial charge in [0, 0.05) is 37.2 Å². The van der Waals surface area contributed by atoms with E-state index in [-0.39, 0.29) is 35.0 Å². The first-order valence-corrected chi connectivity index (χ1v) is 12.5. The highest BCUT2D eigenvalue weighted by atomic mass is 35.5. The Balaban J connectivity index is 1.64. The molecule has 4 rings (SSSR count). The molecule has 2 aromatic heterocycles. The molecule has 0 unspecified atom stereocenters. The molecular weight excluding hydrogens is 600 g/mol. The lowest BCUT2D eigenvalue weighted by Gasteiger charge is -2.13. The van der Waals surface area contributed by atoms with E-state index in [0.29, 0.717) is 27.5 Å². The Labute approximate surface area is 238 Å². The Kier molecular flexibility index (Phi) is 9.02. The van der Waals surface area contributed by atoms with Crippen molar-refractivity contribution in [1.82, 2.24) is 25.3 Å². The third-order valence-electron chi connectivity index (χ3n) is 5.84. The number of carbonyl (C=O) groups is 2. The fourth-order valence-electron chi connectivity index (χ4n) is 3.85. The van der Waals surface area contributed by atoms with Crippen molar-refractivity contribution in [3.8, 4) is 5.75 Å². The molecule has 4 aromatic rings. The minimum atomic E-state index is -4.69. The molecule has 0 fully saturated rings. The number of hydrogen-bond acceptors (Lipinski definition) is 6. The van der Waals surface area contributed by atoms with Crippen LogP contribution in [0.25, 0.3) is 11.0 Å². The van der Waals surface area contributed by atoms with Gasteiger partial charge in [0.2, 0.25) is 5.76 Å². The summed E-state index contributed by atoms with van der Waals surface area (Å²) in [4.78, 5) is 29.2. The van der Waals surface area contributed by atoms with Gasteiger partial charge in [0.05, 0.1) is 27.8 Å². The molecule has 16 heteroatoms. The van der Waals surface area contributed by atoms with Crippen LogP contribution in [-0.2, 0) is 20.0 Å². The molecule has 9 nitrogen and oxygen atoms in total. The predicted molar refractivity (Wildman–Crippen MR) is 138 cm³/mol. The number of fused-ring (bicyclic) bond motifs is 1. The number of nitrogens with one attached hydrogen (secondary N) is 2. The first-order chi connectivity index (χ1) is 19.3. The maximum atomic E-state index is 12.8. The predicted octanol–water partition coefficient (Wildman–Crippen LogP) is 5.32. The van der Waals surface area contributed by atoms with Gasteiger partial charge in [-0.25, -0.2) is 13.8 Å². The van der Waals surface area contributed by atoms with E-state index in [9.17, 15) is 31.5 Å². The van der Waals surface area contributed by atoms with Crippen LogP contribution in [0.15, 0.2) is 41.1 Å². The van der Waals surface area contributed by atoms with Crippen LogP contribution in [0.1, 0.15) is 37.9 Å².